The third kappa shape index (κ3) is 3.87. The third-order valence-electron chi connectivity index (χ3n) is 4.31. The molecule has 1 N–H and O–H groups in total. The van der Waals surface area contributed by atoms with Crippen LogP contribution in [0, 0.1) is 12.8 Å². The molecule has 0 radical (unpaired) electrons. The van der Waals surface area contributed by atoms with Gasteiger partial charge in [-0.05, 0) is 55.5 Å². The number of nitrogens with zero attached hydrogens (tertiary/aromatic N) is 2. The first-order valence-electron chi connectivity index (χ1n) is 8.24. The van der Waals surface area contributed by atoms with Gasteiger partial charge in [-0.2, -0.15) is 0 Å². The summed E-state index contributed by atoms with van der Waals surface area (Å²) in [5, 5.41) is 0. The number of aryl methyl sites for hydroxylation is 1. The summed E-state index contributed by atoms with van der Waals surface area (Å²) < 4.78 is 27.4. The van der Waals surface area contributed by atoms with E-state index in [0.29, 0.717) is 11.7 Å². The molecule has 1 unspecified atom stereocenters. The van der Waals surface area contributed by atoms with Gasteiger partial charge in [0.25, 0.3) is 10.0 Å². The minimum atomic E-state index is -3.61. The van der Waals surface area contributed by atoms with Gasteiger partial charge in [-0.15, -0.1) is 0 Å². The van der Waals surface area contributed by atoms with Crippen LogP contribution in [0.15, 0.2) is 47.5 Å². The fourth-order valence-electron chi connectivity index (χ4n) is 3.04. The summed E-state index contributed by atoms with van der Waals surface area (Å²) in [5.74, 6) is 1.02. The quantitative estimate of drug-likeness (QED) is 0.922. The van der Waals surface area contributed by atoms with Crippen LogP contribution >= 0.6 is 0 Å². The number of hydrogen-bond acceptors (Lipinski definition) is 4. The maximum atomic E-state index is 12.4. The van der Waals surface area contributed by atoms with Crippen molar-refractivity contribution in [3.05, 3.63) is 48.2 Å². The second-order valence-electron chi connectivity index (χ2n) is 6.52. The Hall–Kier alpha value is -2.08. The maximum absolute atomic E-state index is 12.4. The van der Waals surface area contributed by atoms with E-state index in [2.05, 4.69) is 21.5 Å². The molecule has 6 heteroatoms. The summed E-state index contributed by atoms with van der Waals surface area (Å²) in [6.07, 6.45) is 4.19. The second-order valence-corrected chi connectivity index (χ2v) is 8.20. The highest BCUT2D eigenvalue weighted by molar-refractivity contribution is 7.92. The number of nitrogens with one attached hydrogen (secondary N) is 1. The van der Waals surface area contributed by atoms with Gasteiger partial charge in [-0.3, -0.25) is 4.72 Å². The molecule has 1 fully saturated rings. The smallest absolute Gasteiger partial charge is 0.263 e. The van der Waals surface area contributed by atoms with Gasteiger partial charge in [0.1, 0.15) is 5.82 Å². The fraction of sp³-hybridized carbons (Fsp3) is 0.389. The predicted molar refractivity (Wildman–Crippen MR) is 96.8 cm³/mol. The molecule has 0 amide bonds. The highest BCUT2D eigenvalue weighted by atomic mass is 32.2. The predicted octanol–water partition coefficient (Wildman–Crippen LogP) is 3.43. The average molecular weight is 345 g/mol. The Kier molecular flexibility index (Phi) is 4.76. The first-order valence-corrected chi connectivity index (χ1v) is 9.73. The summed E-state index contributed by atoms with van der Waals surface area (Å²) in [4.78, 5) is 6.83. The zero-order valence-electron chi connectivity index (χ0n) is 14.1. The Bertz CT molecular complexity index is 803. The monoisotopic (exact) mass is 345 g/mol. The summed E-state index contributed by atoms with van der Waals surface area (Å²) in [6, 6.07) is 10.5. The summed E-state index contributed by atoms with van der Waals surface area (Å²) >= 11 is 0. The zero-order valence-corrected chi connectivity index (χ0v) is 14.9. The lowest BCUT2D eigenvalue weighted by molar-refractivity contribution is 0.446. The van der Waals surface area contributed by atoms with Crippen LogP contribution in [0.3, 0.4) is 0 Å². The Morgan fingerprint density at radius 1 is 1.25 bits per heavy atom. The molecule has 2 aromatic rings. The third-order valence-corrected chi connectivity index (χ3v) is 5.66. The van der Waals surface area contributed by atoms with E-state index in [4.69, 9.17) is 0 Å². The van der Waals surface area contributed by atoms with Crippen molar-refractivity contribution in [2.45, 2.75) is 31.6 Å². The Labute approximate surface area is 143 Å². The van der Waals surface area contributed by atoms with Gasteiger partial charge in [0.15, 0.2) is 0 Å². The number of anilines is 2. The average Bonchev–Trinajstić information content (AvgIpc) is 2.55. The zero-order chi connectivity index (χ0) is 17.2. The lowest BCUT2D eigenvalue weighted by atomic mass is 10.00. The lowest BCUT2D eigenvalue weighted by Gasteiger charge is -2.32. The number of piperidine rings is 1. The molecule has 2 heterocycles. The Morgan fingerprint density at radius 2 is 2.08 bits per heavy atom. The van der Waals surface area contributed by atoms with E-state index in [1.165, 1.54) is 12.8 Å². The fourth-order valence-corrected chi connectivity index (χ4v) is 4.15. The van der Waals surface area contributed by atoms with Crippen LogP contribution in [0.1, 0.15) is 25.3 Å². The van der Waals surface area contributed by atoms with Crippen LogP contribution < -0.4 is 9.62 Å². The molecular weight excluding hydrogens is 322 g/mol. The molecule has 3 rings (SSSR count). The highest BCUT2D eigenvalue weighted by Crippen LogP contribution is 2.23. The van der Waals surface area contributed by atoms with E-state index in [0.717, 1.165) is 24.3 Å². The van der Waals surface area contributed by atoms with E-state index in [9.17, 15) is 8.42 Å². The van der Waals surface area contributed by atoms with Gasteiger partial charge >= 0.3 is 0 Å². The topological polar surface area (TPSA) is 62.3 Å². The van der Waals surface area contributed by atoms with Crippen LogP contribution in [-0.4, -0.2) is 26.5 Å². The summed E-state index contributed by atoms with van der Waals surface area (Å²) in [5.41, 5.74) is 1.94. The molecule has 1 aliphatic heterocycles. The van der Waals surface area contributed by atoms with Crippen molar-refractivity contribution >= 4 is 21.5 Å². The molecule has 1 aromatic heterocycles. The molecule has 1 aliphatic rings. The molecule has 24 heavy (non-hydrogen) atoms. The molecule has 0 bridgehead atoms. The van der Waals surface area contributed by atoms with Crippen LogP contribution in [0.25, 0.3) is 0 Å². The first-order chi connectivity index (χ1) is 11.4. The van der Waals surface area contributed by atoms with Crippen molar-refractivity contribution in [2.75, 3.05) is 22.7 Å². The van der Waals surface area contributed by atoms with Crippen LogP contribution in [0.5, 0.6) is 0 Å². The number of benzene rings is 1. The van der Waals surface area contributed by atoms with Crippen LogP contribution in [0.2, 0.25) is 0 Å². The van der Waals surface area contributed by atoms with Crippen molar-refractivity contribution in [3.8, 4) is 0 Å². The minimum Gasteiger partial charge on any atom is -0.370 e. The van der Waals surface area contributed by atoms with E-state index < -0.39 is 10.0 Å². The van der Waals surface area contributed by atoms with Gasteiger partial charge in [0, 0.05) is 13.1 Å². The van der Waals surface area contributed by atoms with Gasteiger partial charge in [-0.25, -0.2) is 13.4 Å². The maximum Gasteiger partial charge on any atom is 0.263 e. The lowest BCUT2D eigenvalue weighted by Crippen LogP contribution is -2.34. The largest absolute Gasteiger partial charge is 0.370 e. The van der Waals surface area contributed by atoms with Crippen LogP contribution in [-0.2, 0) is 10.0 Å². The standard InChI is InChI=1S/C18H23N3O2S/c1-14-5-3-7-17(11-14)24(22,23)20-18-9-8-16(12-19-18)21-10-4-6-15(2)13-21/h3,5,7-9,11-12,15H,4,6,10,13H2,1-2H3,(H,19,20). The van der Waals surface area contributed by atoms with Gasteiger partial charge in [0.2, 0.25) is 0 Å². The molecule has 1 saturated heterocycles. The molecule has 1 aromatic carbocycles. The first kappa shape index (κ1) is 16.8. The van der Waals surface area contributed by atoms with Crippen molar-refractivity contribution in [3.63, 3.8) is 0 Å². The van der Waals surface area contributed by atoms with E-state index in [-0.39, 0.29) is 4.90 Å². The summed E-state index contributed by atoms with van der Waals surface area (Å²) in [6.45, 7) is 6.17. The molecule has 5 nitrogen and oxygen atoms in total. The van der Waals surface area contributed by atoms with E-state index in [1.54, 1.807) is 30.5 Å². The minimum absolute atomic E-state index is 0.248. The number of hydrogen-bond donors (Lipinski definition) is 1. The van der Waals surface area contributed by atoms with Crippen molar-refractivity contribution in [2.24, 2.45) is 5.92 Å². The number of aromatic nitrogens is 1. The Morgan fingerprint density at radius 3 is 2.75 bits per heavy atom. The molecule has 0 spiro atoms. The Balaban J connectivity index is 1.74. The molecular formula is C18H23N3O2S. The van der Waals surface area contributed by atoms with Gasteiger partial charge in [-0.1, -0.05) is 19.1 Å². The van der Waals surface area contributed by atoms with E-state index in [1.807, 2.05) is 19.1 Å². The van der Waals surface area contributed by atoms with E-state index >= 15 is 0 Å². The SMILES string of the molecule is Cc1cccc(S(=O)(=O)Nc2ccc(N3CCCC(C)C3)cn2)c1. The van der Waals surface area contributed by atoms with Gasteiger partial charge in [0.05, 0.1) is 16.8 Å². The molecule has 0 aliphatic carbocycles. The highest BCUT2D eigenvalue weighted by Gasteiger charge is 2.18. The van der Waals surface area contributed by atoms with Crippen molar-refractivity contribution in [1.82, 2.24) is 4.98 Å². The second kappa shape index (κ2) is 6.81. The number of sulfonamides is 1. The van der Waals surface area contributed by atoms with Crippen LogP contribution in [0.4, 0.5) is 11.5 Å². The number of rotatable bonds is 4. The summed E-state index contributed by atoms with van der Waals surface area (Å²) in [7, 11) is -3.61. The molecule has 0 saturated carbocycles. The number of pyridine rings is 1. The van der Waals surface area contributed by atoms with Crippen molar-refractivity contribution < 1.29 is 8.42 Å². The van der Waals surface area contributed by atoms with Crippen molar-refractivity contribution in [1.29, 1.82) is 0 Å². The van der Waals surface area contributed by atoms with Gasteiger partial charge < -0.3 is 4.90 Å². The normalized spacial score (nSPS) is 18.4. The molecule has 1 atom stereocenters. The molecule has 128 valence electrons.